The molecule has 0 unspecified atom stereocenters. The van der Waals surface area contributed by atoms with Crippen molar-refractivity contribution in [2.75, 3.05) is 19.6 Å². The number of nitrogens with one attached hydrogen (secondary N) is 1. The summed E-state index contributed by atoms with van der Waals surface area (Å²) in [6.45, 7) is 2.15. The van der Waals surface area contributed by atoms with Crippen molar-refractivity contribution in [2.45, 2.75) is 38.5 Å². The Hall–Kier alpha value is -1.64. The number of aromatic nitrogens is 3. The molecule has 0 spiro atoms. The minimum Gasteiger partial charge on any atom is -0.348 e. The number of hydrogen-bond acceptors (Lipinski definition) is 4. The number of carbonyl (C=O) groups is 1. The van der Waals surface area contributed by atoms with Gasteiger partial charge in [0, 0.05) is 25.7 Å². The molecule has 1 aromatic rings. The second-order valence-corrected chi connectivity index (χ2v) is 5.07. The van der Waals surface area contributed by atoms with Gasteiger partial charge in [-0.05, 0) is 19.8 Å². The van der Waals surface area contributed by atoms with E-state index < -0.39 is 12.7 Å². The topological polar surface area (TPSA) is 63.1 Å². The second-order valence-electron chi connectivity index (χ2n) is 5.07. The Bertz CT molecular complexity index is 479. The molecule has 1 saturated heterocycles. The van der Waals surface area contributed by atoms with Gasteiger partial charge in [-0.3, -0.25) is 9.69 Å². The summed E-state index contributed by atoms with van der Waals surface area (Å²) in [6.07, 6.45) is -1.77. The van der Waals surface area contributed by atoms with E-state index in [1.54, 1.807) is 0 Å². The van der Waals surface area contributed by atoms with Crippen molar-refractivity contribution < 1.29 is 18.0 Å². The molecule has 0 aliphatic carbocycles. The lowest BCUT2D eigenvalue weighted by Crippen LogP contribution is -2.47. The first-order valence-electron chi connectivity index (χ1n) is 6.87. The van der Waals surface area contributed by atoms with Crippen LogP contribution in [0.2, 0.25) is 0 Å². The van der Waals surface area contributed by atoms with Crippen LogP contribution in [0.25, 0.3) is 0 Å². The van der Waals surface area contributed by atoms with E-state index in [9.17, 15) is 18.0 Å². The predicted molar refractivity (Wildman–Crippen MR) is 68.7 cm³/mol. The van der Waals surface area contributed by atoms with Gasteiger partial charge in [-0.25, -0.2) is 4.68 Å². The first kappa shape index (κ1) is 15.7. The van der Waals surface area contributed by atoms with Gasteiger partial charge in [0.25, 0.3) is 5.91 Å². The average molecular weight is 305 g/mol. The fraction of sp³-hybridized carbons (Fsp3) is 0.750. The molecule has 1 N–H and O–H groups in total. The molecule has 1 aliphatic heterocycles. The number of rotatable bonds is 4. The molecule has 2 heterocycles. The third-order valence-electron chi connectivity index (χ3n) is 3.48. The van der Waals surface area contributed by atoms with Gasteiger partial charge in [0.2, 0.25) is 0 Å². The van der Waals surface area contributed by atoms with E-state index in [-0.39, 0.29) is 11.9 Å². The second kappa shape index (κ2) is 6.42. The third-order valence-corrected chi connectivity index (χ3v) is 3.48. The Morgan fingerprint density at radius 1 is 1.43 bits per heavy atom. The smallest absolute Gasteiger partial charge is 0.348 e. The van der Waals surface area contributed by atoms with Gasteiger partial charge in [-0.15, -0.1) is 5.10 Å². The monoisotopic (exact) mass is 305 g/mol. The highest BCUT2D eigenvalue weighted by Crippen LogP contribution is 2.19. The average Bonchev–Trinajstić information content (AvgIpc) is 2.87. The first-order chi connectivity index (χ1) is 9.89. The molecular weight excluding hydrogens is 287 g/mol. The van der Waals surface area contributed by atoms with E-state index in [1.807, 2.05) is 6.92 Å². The van der Waals surface area contributed by atoms with Gasteiger partial charge >= 0.3 is 6.18 Å². The Morgan fingerprint density at radius 2 is 2.10 bits per heavy atom. The highest BCUT2D eigenvalue weighted by Gasteiger charge is 2.32. The van der Waals surface area contributed by atoms with E-state index in [2.05, 4.69) is 15.6 Å². The van der Waals surface area contributed by atoms with Crippen LogP contribution in [-0.4, -0.2) is 57.7 Å². The molecule has 0 saturated carbocycles. The summed E-state index contributed by atoms with van der Waals surface area (Å²) in [5.41, 5.74) is 0.371. The van der Waals surface area contributed by atoms with Gasteiger partial charge in [0.15, 0.2) is 0 Å². The lowest BCUT2D eigenvalue weighted by molar-refractivity contribution is -0.148. The number of likely N-dealkylation sites (tertiary alicyclic amines) is 1. The van der Waals surface area contributed by atoms with E-state index in [4.69, 9.17) is 0 Å². The van der Waals surface area contributed by atoms with E-state index in [0.29, 0.717) is 38.2 Å². The van der Waals surface area contributed by atoms with Gasteiger partial charge in [0.1, 0.15) is 5.69 Å². The number of aryl methyl sites for hydroxylation is 1. The van der Waals surface area contributed by atoms with E-state index >= 15 is 0 Å². The summed E-state index contributed by atoms with van der Waals surface area (Å²) in [6, 6.07) is -0.109. The molecule has 118 valence electrons. The zero-order chi connectivity index (χ0) is 15.5. The van der Waals surface area contributed by atoms with Gasteiger partial charge in [0.05, 0.1) is 12.7 Å². The maximum atomic E-state index is 12.3. The van der Waals surface area contributed by atoms with Crippen LogP contribution < -0.4 is 5.32 Å². The van der Waals surface area contributed by atoms with Crippen molar-refractivity contribution in [1.82, 2.24) is 25.2 Å². The zero-order valence-corrected chi connectivity index (χ0v) is 11.7. The van der Waals surface area contributed by atoms with Crippen molar-refractivity contribution in [3.63, 3.8) is 0 Å². The lowest BCUT2D eigenvalue weighted by Gasteiger charge is -2.32. The standard InChI is InChI=1S/C12H18F3N5O/c1-2-20-10(7-16-18-20)11(21)17-9-3-5-19(6-4-9)8-12(13,14)15/h7,9H,2-6,8H2,1H3,(H,17,21). The number of alkyl halides is 3. The van der Waals surface area contributed by atoms with Crippen molar-refractivity contribution in [1.29, 1.82) is 0 Å². The first-order valence-corrected chi connectivity index (χ1v) is 6.87. The van der Waals surface area contributed by atoms with Crippen LogP contribution in [0.1, 0.15) is 30.3 Å². The molecule has 2 rings (SSSR count). The van der Waals surface area contributed by atoms with Crippen molar-refractivity contribution in [3.8, 4) is 0 Å². The number of halogens is 3. The minimum atomic E-state index is -4.17. The maximum absolute atomic E-state index is 12.3. The molecule has 0 atom stereocenters. The quantitative estimate of drug-likeness (QED) is 0.903. The number of piperidine rings is 1. The highest BCUT2D eigenvalue weighted by molar-refractivity contribution is 5.92. The van der Waals surface area contributed by atoms with Crippen LogP contribution >= 0.6 is 0 Å². The minimum absolute atomic E-state index is 0.109. The summed E-state index contributed by atoms with van der Waals surface area (Å²) in [5.74, 6) is -0.281. The molecule has 1 amide bonds. The van der Waals surface area contributed by atoms with Crippen LogP contribution in [0.5, 0.6) is 0 Å². The summed E-state index contributed by atoms with van der Waals surface area (Å²) in [5, 5.41) is 10.3. The van der Waals surface area contributed by atoms with Crippen LogP contribution in [0.4, 0.5) is 13.2 Å². The predicted octanol–water partition coefficient (Wildman–Crippen LogP) is 1.05. The Kier molecular flexibility index (Phi) is 4.81. The molecule has 1 aliphatic rings. The van der Waals surface area contributed by atoms with Crippen molar-refractivity contribution >= 4 is 5.91 Å². The molecule has 1 fully saturated rings. The molecule has 0 radical (unpaired) electrons. The van der Waals surface area contributed by atoms with Crippen molar-refractivity contribution in [2.24, 2.45) is 0 Å². The van der Waals surface area contributed by atoms with E-state index in [0.717, 1.165) is 0 Å². The molecule has 0 bridgehead atoms. The van der Waals surface area contributed by atoms with Gasteiger partial charge < -0.3 is 5.32 Å². The maximum Gasteiger partial charge on any atom is 0.401 e. The molecule has 9 heteroatoms. The Morgan fingerprint density at radius 3 is 2.67 bits per heavy atom. The normalized spacial score (nSPS) is 17.9. The molecule has 1 aromatic heterocycles. The van der Waals surface area contributed by atoms with Gasteiger partial charge in [-0.2, -0.15) is 13.2 Å². The largest absolute Gasteiger partial charge is 0.401 e. The Balaban J connectivity index is 1.82. The summed E-state index contributed by atoms with van der Waals surface area (Å²) >= 11 is 0. The highest BCUT2D eigenvalue weighted by atomic mass is 19.4. The lowest BCUT2D eigenvalue weighted by atomic mass is 10.0. The van der Waals surface area contributed by atoms with Crippen LogP contribution in [0, 0.1) is 0 Å². The molecule has 6 nitrogen and oxygen atoms in total. The Labute approximate surface area is 120 Å². The molecular formula is C12H18F3N5O. The van der Waals surface area contributed by atoms with Crippen LogP contribution in [0.15, 0.2) is 6.20 Å². The summed E-state index contributed by atoms with van der Waals surface area (Å²) in [4.78, 5) is 13.4. The number of hydrogen-bond donors (Lipinski definition) is 1. The summed E-state index contributed by atoms with van der Waals surface area (Å²) in [7, 11) is 0. The number of amides is 1. The fourth-order valence-corrected chi connectivity index (χ4v) is 2.42. The van der Waals surface area contributed by atoms with Crippen LogP contribution in [-0.2, 0) is 6.54 Å². The zero-order valence-electron chi connectivity index (χ0n) is 11.7. The molecule has 21 heavy (non-hydrogen) atoms. The van der Waals surface area contributed by atoms with Crippen LogP contribution in [0.3, 0.4) is 0 Å². The number of nitrogens with zero attached hydrogens (tertiary/aromatic N) is 4. The van der Waals surface area contributed by atoms with Gasteiger partial charge in [-0.1, -0.05) is 5.21 Å². The third kappa shape index (κ3) is 4.42. The fourth-order valence-electron chi connectivity index (χ4n) is 2.42. The van der Waals surface area contributed by atoms with Crippen molar-refractivity contribution in [3.05, 3.63) is 11.9 Å². The SMILES string of the molecule is CCn1nncc1C(=O)NC1CCN(CC(F)(F)F)CC1. The summed E-state index contributed by atoms with van der Waals surface area (Å²) < 4.78 is 38.3. The van der Waals surface area contributed by atoms with E-state index in [1.165, 1.54) is 15.8 Å². The molecule has 0 aromatic carbocycles. The number of carbonyl (C=O) groups excluding carboxylic acids is 1.